The van der Waals surface area contributed by atoms with E-state index in [-0.39, 0.29) is 18.0 Å². The number of nitrogens with zero attached hydrogens (tertiary/aromatic N) is 3. The Morgan fingerprint density at radius 1 is 1.03 bits per heavy atom. The third kappa shape index (κ3) is 4.63. The Labute approximate surface area is 228 Å². The smallest absolute Gasteiger partial charge is 0.221 e. The van der Waals surface area contributed by atoms with Crippen molar-refractivity contribution in [2.45, 2.75) is 39.8 Å². The number of nitrogens with one attached hydrogen (secondary N) is 2. The standard InChI is InChI=1S/C30H31N5O2S/c1-18-9-11-22(12-10-18)34-19(2)16-24(20(34)3)29-28(25-8-6-7-15-31-25)33-30(38)35(29)23-13-14-27(37-5)26(17-23)32-21(4)36/h6-17,28-29H,1-5H3,(H,32,36)(H,33,38)/t28-,29-/m0/s1. The fourth-order valence-electron chi connectivity index (χ4n) is 5.26. The Morgan fingerprint density at radius 2 is 1.76 bits per heavy atom. The molecule has 1 saturated heterocycles. The second-order valence-electron chi connectivity index (χ2n) is 9.56. The Bertz CT molecular complexity index is 1500. The van der Waals surface area contributed by atoms with Gasteiger partial charge in [-0.1, -0.05) is 23.8 Å². The van der Waals surface area contributed by atoms with Gasteiger partial charge < -0.3 is 24.8 Å². The minimum atomic E-state index is -0.179. The molecule has 2 N–H and O–H groups in total. The summed E-state index contributed by atoms with van der Waals surface area (Å²) in [5, 5.41) is 6.99. The van der Waals surface area contributed by atoms with Gasteiger partial charge in [0, 0.05) is 35.9 Å². The van der Waals surface area contributed by atoms with E-state index >= 15 is 0 Å². The van der Waals surface area contributed by atoms with Crippen LogP contribution in [0.4, 0.5) is 11.4 Å². The highest BCUT2D eigenvalue weighted by atomic mass is 32.1. The van der Waals surface area contributed by atoms with Crippen LogP contribution in [-0.4, -0.2) is 27.7 Å². The fourth-order valence-corrected chi connectivity index (χ4v) is 5.61. The molecule has 2 atom stereocenters. The molecule has 0 saturated carbocycles. The number of methoxy groups -OCH3 is 1. The van der Waals surface area contributed by atoms with Gasteiger partial charge in [-0.2, -0.15) is 0 Å². The number of hydrogen-bond donors (Lipinski definition) is 2. The molecule has 0 unspecified atom stereocenters. The number of thiocarbonyl (C=S) groups is 1. The van der Waals surface area contributed by atoms with Crippen molar-refractivity contribution in [1.82, 2.24) is 14.9 Å². The number of anilines is 2. The van der Waals surface area contributed by atoms with Gasteiger partial charge in [0.05, 0.1) is 30.6 Å². The normalized spacial score (nSPS) is 16.9. The van der Waals surface area contributed by atoms with Crippen LogP contribution in [0.3, 0.4) is 0 Å². The zero-order valence-electron chi connectivity index (χ0n) is 22.1. The molecule has 38 heavy (non-hydrogen) atoms. The Morgan fingerprint density at radius 3 is 2.42 bits per heavy atom. The van der Waals surface area contributed by atoms with Gasteiger partial charge >= 0.3 is 0 Å². The van der Waals surface area contributed by atoms with Crippen LogP contribution < -0.4 is 20.3 Å². The Kier molecular flexibility index (Phi) is 6.91. The van der Waals surface area contributed by atoms with Crippen LogP contribution in [0.25, 0.3) is 5.69 Å². The summed E-state index contributed by atoms with van der Waals surface area (Å²) >= 11 is 5.92. The van der Waals surface area contributed by atoms with Crippen molar-refractivity contribution in [3.8, 4) is 11.4 Å². The Balaban J connectivity index is 1.67. The molecule has 0 radical (unpaired) electrons. The van der Waals surface area contributed by atoms with Gasteiger partial charge in [-0.25, -0.2) is 0 Å². The molecule has 0 bridgehead atoms. The topological polar surface area (TPSA) is 71.4 Å². The molecule has 3 heterocycles. The molecule has 194 valence electrons. The van der Waals surface area contributed by atoms with Crippen molar-refractivity contribution in [2.24, 2.45) is 0 Å². The van der Waals surface area contributed by atoms with E-state index in [0.29, 0.717) is 16.5 Å². The van der Waals surface area contributed by atoms with E-state index in [0.717, 1.165) is 34.0 Å². The first-order chi connectivity index (χ1) is 18.3. The van der Waals surface area contributed by atoms with Gasteiger partial charge in [0.2, 0.25) is 5.91 Å². The molecule has 5 rings (SSSR count). The first kappa shape index (κ1) is 25.5. The quantitative estimate of drug-likeness (QED) is 0.304. The largest absolute Gasteiger partial charge is 0.495 e. The number of carbonyl (C=O) groups excluding carboxylic acids is 1. The molecule has 2 aromatic heterocycles. The summed E-state index contributed by atoms with van der Waals surface area (Å²) in [5.74, 6) is 0.407. The predicted octanol–water partition coefficient (Wildman–Crippen LogP) is 5.94. The highest BCUT2D eigenvalue weighted by molar-refractivity contribution is 7.80. The maximum Gasteiger partial charge on any atom is 0.221 e. The van der Waals surface area contributed by atoms with Crippen LogP contribution in [0.15, 0.2) is 72.9 Å². The fraction of sp³-hybridized carbons (Fsp3) is 0.233. The molecule has 2 aromatic carbocycles. The van der Waals surface area contributed by atoms with Crippen molar-refractivity contribution < 1.29 is 9.53 Å². The summed E-state index contributed by atoms with van der Waals surface area (Å²) in [7, 11) is 1.59. The first-order valence-electron chi connectivity index (χ1n) is 12.5. The van der Waals surface area contributed by atoms with Gasteiger partial charge in [-0.15, -0.1) is 0 Å². The van der Waals surface area contributed by atoms with Crippen molar-refractivity contribution in [1.29, 1.82) is 0 Å². The van der Waals surface area contributed by atoms with Crippen LogP contribution in [0, 0.1) is 20.8 Å². The molecule has 7 nitrogen and oxygen atoms in total. The molecule has 0 aliphatic carbocycles. The van der Waals surface area contributed by atoms with Crippen LogP contribution in [0.1, 0.15) is 47.2 Å². The maximum absolute atomic E-state index is 11.9. The predicted molar refractivity (Wildman–Crippen MR) is 155 cm³/mol. The summed E-state index contributed by atoms with van der Waals surface area (Å²) in [6, 6.07) is 22.1. The molecule has 1 aliphatic rings. The average Bonchev–Trinajstić information content (AvgIpc) is 3.39. The lowest BCUT2D eigenvalue weighted by Gasteiger charge is -2.29. The summed E-state index contributed by atoms with van der Waals surface area (Å²) < 4.78 is 7.77. The van der Waals surface area contributed by atoms with E-state index in [1.165, 1.54) is 12.5 Å². The Hall–Kier alpha value is -4.17. The lowest BCUT2D eigenvalue weighted by atomic mass is 9.96. The van der Waals surface area contributed by atoms with E-state index in [2.05, 4.69) is 76.2 Å². The molecule has 0 spiro atoms. The summed E-state index contributed by atoms with van der Waals surface area (Å²) in [6.07, 6.45) is 1.80. The molecule has 1 fully saturated rings. The molecule has 8 heteroatoms. The molecule has 4 aromatic rings. The minimum absolute atomic E-state index is 0.174. The number of rotatable bonds is 6. The zero-order chi connectivity index (χ0) is 27.0. The number of aryl methyl sites for hydroxylation is 2. The number of hydrogen-bond acceptors (Lipinski definition) is 4. The average molecular weight is 526 g/mol. The van der Waals surface area contributed by atoms with Crippen LogP contribution >= 0.6 is 12.2 Å². The van der Waals surface area contributed by atoms with Gasteiger partial charge in [0.15, 0.2) is 5.11 Å². The van der Waals surface area contributed by atoms with Crippen molar-refractivity contribution in [2.75, 3.05) is 17.3 Å². The van der Waals surface area contributed by atoms with E-state index in [1.54, 1.807) is 13.3 Å². The van der Waals surface area contributed by atoms with Gasteiger partial charge in [-0.05, 0) is 87.1 Å². The SMILES string of the molecule is COc1ccc(N2C(=S)N[C@@H](c3ccccn3)[C@@H]2c2cc(C)n(-c3ccc(C)cc3)c2C)cc1NC(C)=O. The number of benzene rings is 2. The van der Waals surface area contributed by atoms with E-state index in [4.69, 9.17) is 17.0 Å². The van der Waals surface area contributed by atoms with Crippen molar-refractivity contribution in [3.05, 3.63) is 101 Å². The second-order valence-corrected chi connectivity index (χ2v) is 9.95. The van der Waals surface area contributed by atoms with E-state index < -0.39 is 0 Å². The van der Waals surface area contributed by atoms with Crippen LogP contribution in [-0.2, 0) is 4.79 Å². The maximum atomic E-state index is 11.9. The lowest BCUT2D eigenvalue weighted by molar-refractivity contribution is -0.114. The van der Waals surface area contributed by atoms with Gasteiger partial charge in [0.25, 0.3) is 0 Å². The monoisotopic (exact) mass is 525 g/mol. The number of ether oxygens (including phenoxy) is 1. The van der Waals surface area contributed by atoms with Crippen molar-refractivity contribution in [3.63, 3.8) is 0 Å². The van der Waals surface area contributed by atoms with Gasteiger partial charge in [-0.3, -0.25) is 9.78 Å². The minimum Gasteiger partial charge on any atom is -0.495 e. The van der Waals surface area contributed by atoms with Crippen LogP contribution in [0.2, 0.25) is 0 Å². The van der Waals surface area contributed by atoms with Crippen molar-refractivity contribution >= 4 is 34.6 Å². The lowest BCUT2D eigenvalue weighted by Crippen LogP contribution is -2.29. The van der Waals surface area contributed by atoms with Crippen LogP contribution in [0.5, 0.6) is 5.75 Å². The number of aromatic nitrogens is 2. The van der Waals surface area contributed by atoms with E-state index in [9.17, 15) is 4.79 Å². The first-order valence-corrected chi connectivity index (χ1v) is 12.9. The van der Waals surface area contributed by atoms with Gasteiger partial charge in [0.1, 0.15) is 5.75 Å². The molecule has 1 amide bonds. The highest BCUT2D eigenvalue weighted by Gasteiger charge is 2.42. The second kappa shape index (κ2) is 10.3. The molecular weight excluding hydrogens is 494 g/mol. The summed E-state index contributed by atoms with van der Waals surface area (Å²) in [4.78, 5) is 18.7. The summed E-state index contributed by atoms with van der Waals surface area (Å²) in [5.41, 5.74) is 8.07. The van der Waals surface area contributed by atoms with E-state index in [1.807, 2.05) is 36.4 Å². The summed E-state index contributed by atoms with van der Waals surface area (Å²) in [6.45, 7) is 7.84. The third-order valence-electron chi connectivity index (χ3n) is 6.95. The highest BCUT2D eigenvalue weighted by Crippen LogP contribution is 2.45. The third-order valence-corrected chi connectivity index (χ3v) is 7.27. The zero-order valence-corrected chi connectivity index (χ0v) is 23.0. The molecular formula is C30H31N5O2S. The number of carbonyl (C=O) groups is 1. The molecule has 1 aliphatic heterocycles. The number of amides is 1. The number of pyridine rings is 1.